The first-order valence-electron chi connectivity index (χ1n) is 14.0. The number of hydrogen-bond donors (Lipinski definition) is 2. The van der Waals surface area contributed by atoms with E-state index in [1.165, 1.54) is 18.2 Å². The van der Waals surface area contributed by atoms with Gasteiger partial charge in [0.25, 0.3) is 15.9 Å². The number of ether oxygens (including phenoxy) is 2. The third kappa shape index (κ3) is 6.27. The molecule has 5 aromatic rings. The average molecular weight is 613 g/mol. The number of fused-ring (bicyclic) bond motifs is 2. The molecule has 1 aliphatic heterocycles. The fourth-order valence-corrected chi connectivity index (χ4v) is 6.53. The fraction of sp³-hybridized carbons (Fsp3) is 0.176. The van der Waals surface area contributed by atoms with Gasteiger partial charge >= 0.3 is 0 Å². The van der Waals surface area contributed by atoms with Crippen molar-refractivity contribution < 1.29 is 32.2 Å². The van der Waals surface area contributed by atoms with Crippen molar-refractivity contribution >= 4 is 26.8 Å². The van der Waals surface area contributed by atoms with E-state index in [4.69, 9.17) is 9.47 Å². The van der Waals surface area contributed by atoms with E-state index < -0.39 is 22.0 Å². The Morgan fingerprint density at radius 1 is 1.02 bits per heavy atom. The minimum atomic E-state index is -4.05. The van der Waals surface area contributed by atoms with Crippen LogP contribution in [0.1, 0.15) is 38.8 Å². The largest absolute Gasteiger partial charge is 0.493 e. The van der Waals surface area contributed by atoms with Crippen molar-refractivity contribution in [2.24, 2.45) is 5.92 Å². The standard InChI is InChI=1S/C34H29FN2O6S/c1-21-5-2-3-8-32(21)44(40,41)37-34(39)24-7-4-6-22(15-24)16-25-19-43-31-14-12-28(18-29(31)33(25)38)42-20-27-11-9-23-17-26(35)10-13-30(23)36-27/h2-15,17-18,25,33,38H,16,19-20H2,1H3,(H,37,39). The van der Waals surface area contributed by atoms with E-state index in [-0.39, 0.29) is 35.4 Å². The maximum Gasteiger partial charge on any atom is 0.265 e. The average Bonchev–Trinajstić information content (AvgIpc) is 3.01. The van der Waals surface area contributed by atoms with Gasteiger partial charge in [0.1, 0.15) is 23.9 Å². The number of carbonyl (C=O) groups excluding carboxylic acids is 1. The number of benzene rings is 4. The summed E-state index contributed by atoms with van der Waals surface area (Å²) in [7, 11) is -4.05. The summed E-state index contributed by atoms with van der Waals surface area (Å²) < 4.78 is 53.1. The van der Waals surface area contributed by atoms with E-state index in [0.29, 0.717) is 45.6 Å². The van der Waals surface area contributed by atoms with E-state index in [0.717, 1.165) is 5.56 Å². The van der Waals surface area contributed by atoms with E-state index >= 15 is 0 Å². The zero-order chi connectivity index (χ0) is 30.8. The number of nitrogens with zero attached hydrogens (tertiary/aromatic N) is 1. The summed E-state index contributed by atoms with van der Waals surface area (Å²) in [6.07, 6.45) is -0.478. The molecule has 2 N–H and O–H groups in total. The van der Waals surface area contributed by atoms with Crippen molar-refractivity contribution in [3.05, 3.63) is 131 Å². The van der Waals surface area contributed by atoms with Gasteiger partial charge in [0.15, 0.2) is 0 Å². The molecule has 44 heavy (non-hydrogen) atoms. The minimum Gasteiger partial charge on any atom is -0.493 e. The topological polar surface area (TPSA) is 115 Å². The van der Waals surface area contributed by atoms with Crippen LogP contribution >= 0.6 is 0 Å². The number of sulfonamides is 1. The molecule has 0 aliphatic carbocycles. The van der Waals surface area contributed by atoms with E-state index in [1.807, 2.05) is 6.07 Å². The number of nitrogens with one attached hydrogen (secondary N) is 1. The molecular weight excluding hydrogens is 583 g/mol. The number of hydrogen-bond acceptors (Lipinski definition) is 7. The second-order valence-electron chi connectivity index (χ2n) is 10.7. The molecule has 8 nitrogen and oxygen atoms in total. The van der Waals surface area contributed by atoms with Crippen molar-refractivity contribution in [3.8, 4) is 11.5 Å². The van der Waals surface area contributed by atoms with Crippen LogP contribution < -0.4 is 14.2 Å². The monoisotopic (exact) mass is 612 g/mol. The molecule has 4 aromatic carbocycles. The molecule has 0 bridgehead atoms. The molecule has 0 saturated heterocycles. The number of amides is 1. The zero-order valence-corrected chi connectivity index (χ0v) is 24.6. The highest BCUT2D eigenvalue weighted by Gasteiger charge is 2.30. The zero-order valence-electron chi connectivity index (χ0n) is 23.7. The van der Waals surface area contributed by atoms with Gasteiger partial charge in [0.05, 0.1) is 28.8 Å². The number of pyridine rings is 1. The smallest absolute Gasteiger partial charge is 0.265 e. The lowest BCUT2D eigenvalue weighted by molar-refractivity contribution is 0.0504. The van der Waals surface area contributed by atoms with Crippen molar-refractivity contribution in [3.63, 3.8) is 0 Å². The first kappa shape index (κ1) is 29.3. The number of aryl methyl sites for hydroxylation is 1. The predicted molar refractivity (Wildman–Crippen MR) is 162 cm³/mol. The normalized spacial score (nSPS) is 16.2. The van der Waals surface area contributed by atoms with Gasteiger partial charge in [-0.15, -0.1) is 0 Å². The lowest BCUT2D eigenvalue weighted by atomic mass is 9.87. The lowest BCUT2D eigenvalue weighted by Gasteiger charge is -2.30. The van der Waals surface area contributed by atoms with Crippen molar-refractivity contribution in [1.82, 2.24) is 9.71 Å². The maximum atomic E-state index is 13.5. The van der Waals surface area contributed by atoms with Crippen LogP contribution in [0.25, 0.3) is 10.9 Å². The quantitative estimate of drug-likeness (QED) is 0.232. The molecule has 0 saturated carbocycles. The molecule has 1 aliphatic rings. The minimum absolute atomic E-state index is 0.0409. The van der Waals surface area contributed by atoms with Crippen LogP contribution in [0.3, 0.4) is 0 Å². The van der Waals surface area contributed by atoms with Crippen molar-refractivity contribution in [2.45, 2.75) is 31.0 Å². The first-order valence-corrected chi connectivity index (χ1v) is 15.5. The third-order valence-electron chi connectivity index (χ3n) is 7.59. The summed E-state index contributed by atoms with van der Waals surface area (Å²) in [6, 6.07) is 26.3. The Bertz CT molecular complexity index is 1980. The fourth-order valence-electron chi connectivity index (χ4n) is 5.30. The molecule has 0 fully saturated rings. The molecule has 10 heteroatoms. The van der Waals surface area contributed by atoms with Crippen molar-refractivity contribution in [2.75, 3.05) is 6.61 Å². The highest BCUT2D eigenvalue weighted by molar-refractivity contribution is 7.90. The van der Waals surface area contributed by atoms with E-state index in [2.05, 4.69) is 9.71 Å². The Hall–Kier alpha value is -4.80. The van der Waals surface area contributed by atoms with Crippen LogP contribution in [0.15, 0.2) is 102 Å². The molecular formula is C34H29FN2O6S. The van der Waals surface area contributed by atoms with Crippen LogP contribution in [0.2, 0.25) is 0 Å². The van der Waals surface area contributed by atoms with Crippen LogP contribution in [-0.2, 0) is 23.1 Å². The van der Waals surface area contributed by atoms with Crippen molar-refractivity contribution in [1.29, 1.82) is 0 Å². The van der Waals surface area contributed by atoms with Gasteiger partial charge in [-0.3, -0.25) is 4.79 Å². The van der Waals surface area contributed by atoms with Crippen LogP contribution in [0.4, 0.5) is 4.39 Å². The van der Waals surface area contributed by atoms with Gasteiger partial charge in [-0.25, -0.2) is 22.5 Å². The molecule has 224 valence electrons. The Labute approximate surface area is 254 Å². The molecule has 0 radical (unpaired) electrons. The molecule has 1 aromatic heterocycles. The number of aliphatic hydroxyl groups is 1. The van der Waals surface area contributed by atoms with E-state index in [9.17, 15) is 22.7 Å². The summed E-state index contributed by atoms with van der Waals surface area (Å²) in [6.45, 7) is 2.10. The highest BCUT2D eigenvalue weighted by Crippen LogP contribution is 2.39. The SMILES string of the molecule is Cc1ccccc1S(=O)(=O)NC(=O)c1cccc(CC2COc3ccc(OCc4ccc5cc(F)ccc5n4)cc3C2O)c1. The second kappa shape index (κ2) is 12.1. The molecule has 1 amide bonds. The number of halogens is 1. The molecule has 2 heterocycles. The van der Waals surface area contributed by atoms with Gasteiger partial charge in [0.2, 0.25) is 0 Å². The van der Waals surface area contributed by atoms with Gasteiger partial charge in [-0.05, 0) is 85.1 Å². The number of rotatable bonds is 8. The lowest BCUT2D eigenvalue weighted by Crippen LogP contribution is -2.31. The predicted octanol–water partition coefficient (Wildman–Crippen LogP) is 5.66. The Balaban J connectivity index is 1.12. The summed E-state index contributed by atoms with van der Waals surface area (Å²) in [5, 5.41) is 12.0. The van der Waals surface area contributed by atoms with Crippen LogP contribution in [0, 0.1) is 18.7 Å². The Morgan fingerprint density at radius 2 is 1.86 bits per heavy atom. The first-order chi connectivity index (χ1) is 21.2. The third-order valence-corrected chi connectivity index (χ3v) is 9.08. The van der Waals surface area contributed by atoms with Gasteiger partial charge in [-0.1, -0.05) is 36.4 Å². The molecule has 6 rings (SSSR count). The van der Waals surface area contributed by atoms with E-state index in [1.54, 1.807) is 79.7 Å². The van der Waals surface area contributed by atoms with Crippen LogP contribution in [-0.4, -0.2) is 31.0 Å². The maximum absolute atomic E-state index is 13.5. The van der Waals surface area contributed by atoms with Gasteiger partial charge < -0.3 is 14.6 Å². The molecule has 2 atom stereocenters. The van der Waals surface area contributed by atoms with Gasteiger partial charge in [0, 0.05) is 22.4 Å². The highest BCUT2D eigenvalue weighted by atomic mass is 32.2. The summed E-state index contributed by atoms with van der Waals surface area (Å²) in [5.41, 5.74) is 3.39. The second-order valence-corrected chi connectivity index (χ2v) is 12.4. The number of carbonyl (C=O) groups is 1. The van der Waals surface area contributed by atoms with Gasteiger partial charge in [-0.2, -0.15) is 0 Å². The number of aliphatic hydroxyl groups excluding tert-OH is 1. The number of aromatic nitrogens is 1. The summed E-state index contributed by atoms with van der Waals surface area (Å²) >= 11 is 0. The summed E-state index contributed by atoms with van der Waals surface area (Å²) in [4.78, 5) is 17.5. The Kier molecular flexibility index (Phi) is 8.03. The van der Waals surface area contributed by atoms with Crippen LogP contribution in [0.5, 0.6) is 11.5 Å². The molecule has 2 unspecified atom stereocenters. The molecule has 0 spiro atoms. The summed E-state index contributed by atoms with van der Waals surface area (Å²) in [5.74, 6) is -0.299. The Morgan fingerprint density at radius 3 is 2.70 bits per heavy atom.